The van der Waals surface area contributed by atoms with Gasteiger partial charge in [-0.3, -0.25) is 0 Å². The number of anilines is 1. The van der Waals surface area contributed by atoms with Crippen LogP contribution in [0.2, 0.25) is 0 Å². The first-order valence-corrected chi connectivity index (χ1v) is 9.92. The molecule has 0 aromatic carbocycles. The summed E-state index contributed by atoms with van der Waals surface area (Å²) in [5.41, 5.74) is 0. The third-order valence-electron chi connectivity index (χ3n) is 4.38. The highest BCUT2D eigenvalue weighted by Gasteiger charge is 2.27. The molecule has 1 N–H and O–H groups in total. The van der Waals surface area contributed by atoms with Crippen molar-refractivity contribution in [1.29, 1.82) is 0 Å². The third-order valence-corrected chi connectivity index (χ3v) is 6.26. The molecule has 9 heteroatoms. The highest BCUT2D eigenvalue weighted by atomic mass is 32.2. The average Bonchev–Trinajstić information content (AvgIpc) is 3.23. The molecule has 0 unspecified atom stereocenters. The summed E-state index contributed by atoms with van der Waals surface area (Å²) >= 11 is 0. The van der Waals surface area contributed by atoms with Crippen molar-refractivity contribution in [3.8, 4) is 0 Å². The zero-order valence-electron chi connectivity index (χ0n) is 14.8. The van der Waals surface area contributed by atoms with Gasteiger partial charge in [0.05, 0.1) is 6.54 Å². The van der Waals surface area contributed by atoms with Gasteiger partial charge >= 0.3 is 0 Å². The van der Waals surface area contributed by atoms with Crippen molar-refractivity contribution in [3.63, 3.8) is 0 Å². The van der Waals surface area contributed by atoms with Crippen LogP contribution in [0.15, 0.2) is 23.2 Å². The van der Waals surface area contributed by atoms with E-state index in [-0.39, 0.29) is 4.90 Å². The lowest BCUT2D eigenvalue weighted by Gasteiger charge is -2.15. The topological polar surface area (TPSA) is 93.0 Å². The second-order valence-electron chi connectivity index (χ2n) is 6.53. The second kappa shape index (κ2) is 7.09. The van der Waals surface area contributed by atoms with Crippen LogP contribution in [0.4, 0.5) is 5.82 Å². The molecular weight excluding hydrogens is 340 g/mol. The van der Waals surface area contributed by atoms with E-state index in [0.717, 1.165) is 24.5 Å². The zero-order chi connectivity index (χ0) is 18.0. The highest BCUT2D eigenvalue weighted by Crippen LogP contribution is 2.21. The lowest BCUT2D eigenvalue weighted by atomic mass is 10.2. The van der Waals surface area contributed by atoms with Gasteiger partial charge in [0.1, 0.15) is 16.5 Å². The monoisotopic (exact) mass is 364 g/mol. The molecule has 0 spiro atoms. The standard InChI is InChI=1S/C16H24N6O2S/c1-12(2)16-20-19-15(21(16)3)11-18-14-7-6-13(10-17-14)25(23,24)22-8-4-5-9-22/h6-7,10,12H,4-5,8-9,11H2,1-3H3,(H,17,18). The van der Waals surface area contributed by atoms with Crippen molar-refractivity contribution in [2.45, 2.75) is 44.0 Å². The van der Waals surface area contributed by atoms with E-state index in [0.29, 0.717) is 31.4 Å². The molecule has 1 aliphatic heterocycles. The molecule has 0 bridgehead atoms. The predicted octanol–water partition coefficient (Wildman–Crippen LogP) is 1.73. The maximum absolute atomic E-state index is 12.5. The normalized spacial score (nSPS) is 15.8. The summed E-state index contributed by atoms with van der Waals surface area (Å²) in [4.78, 5) is 4.47. The zero-order valence-corrected chi connectivity index (χ0v) is 15.6. The van der Waals surface area contributed by atoms with Crippen molar-refractivity contribution < 1.29 is 8.42 Å². The summed E-state index contributed by atoms with van der Waals surface area (Å²) in [6, 6.07) is 3.28. The molecule has 1 fully saturated rings. The summed E-state index contributed by atoms with van der Waals surface area (Å²) in [5.74, 6) is 2.64. The lowest BCUT2D eigenvalue weighted by Crippen LogP contribution is -2.27. The molecule has 2 aromatic rings. The van der Waals surface area contributed by atoms with Crippen molar-refractivity contribution in [2.75, 3.05) is 18.4 Å². The third kappa shape index (κ3) is 3.67. The SMILES string of the molecule is CC(C)c1nnc(CNc2ccc(S(=O)(=O)N3CCCC3)cn2)n1C. The number of rotatable bonds is 6. The number of hydrogen-bond acceptors (Lipinski definition) is 6. The number of nitrogens with zero attached hydrogens (tertiary/aromatic N) is 5. The summed E-state index contributed by atoms with van der Waals surface area (Å²) in [6.07, 6.45) is 3.25. The van der Waals surface area contributed by atoms with Gasteiger partial charge in [0, 0.05) is 32.3 Å². The minimum atomic E-state index is -3.42. The van der Waals surface area contributed by atoms with E-state index in [1.54, 1.807) is 12.1 Å². The molecule has 0 radical (unpaired) electrons. The highest BCUT2D eigenvalue weighted by molar-refractivity contribution is 7.89. The maximum Gasteiger partial charge on any atom is 0.244 e. The molecule has 1 saturated heterocycles. The van der Waals surface area contributed by atoms with E-state index in [4.69, 9.17) is 0 Å². The summed E-state index contributed by atoms with van der Waals surface area (Å²) in [7, 11) is -1.48. The Kier molecular flexibility index (Phi) is 5.05. The molecule has 0 saturated carbocycles. The van der Waals surface area contributed by atoms with Crippen LogP contribution in [0.1, 0.15) is 44.3 Å². The molecular formula is C16H24N6O2S. The van der Waals surface area contributed by atoms with E-state index in [9.17, 15) is 8.42 Å². The van der Waals surface area contributed by atoms with Crippen LogP contribution in [0, 0.1) is 0 Å². The van der Waals surface area contributed by atoms with Gasteiger partial charge in [-0.2, -0.15) is 4.31 Å². The van der Waals surface area contributed by atoms with Crippen LogP contribution in [0.25, 0.3) is 0 Å². The smallest absolute Gasteiger partial charge is 0.244 e. The van der Waals surface area contributed by atoms with Crippen LogP contribution in [0.3, 0.4) is 0 Å². The number of sulfonamides is 1. The first-order valence-electron chi connectivity index (χ1n) is 8.48. The average molecular weight is 364 g/mol. The Morgan fingerprint density at radius 3 is 2.48 bits per heavy atom. The van der Waals surface area contributed by atoms with Gasteiger partial charge in [-0.1, -0.05) is 13.8 Å². The van der Waals surface area contributed by atoms with Gasteiger partial charge in [-0.05, 0) is 25.0 Å². The Morgan fingerprint density at radius 2 is 1.92 bits per heavy atom. The number of nitrogens with one attached hydrogen (secondary N) is 1. The molecule has 1 aliphatic rings. The van der Waals surface area contributed by atoms with Gasteiger partial charge in [0.2, 0.25) is 10.0 Å². The number of pyridine rings is 1. The van der Waals surface area contributed by atoms with E-state index in [1.807, 2.05) is 11.6 Å². The van der Waals surface area contributed by atoms with Crippen LogP contribution in [0.5, 0.6) is 0 Å². The van der Waals surface area contributed by atoms with E-state index in [2.05, 4.69) is 34.3 Å². The Labute approximate surface area is 148 Å². The van der Waals surface area contributed by atoms with E-state index < -0.39 is 10.0 Å². The Balaban J connectivity index is 1.67. The van der Waals surface area contributed by atoms with E-state index in [1.165, 1.54) is 10.5 Å². The second-order valence-corrected chi connectivity index (χ2v) is 8.47. The summed E-state index contributed by atoms with van der Waals surface area (Å²) < 4.78 is 28.4. The molecule has 0 aliphatic carbocycles. The molecule has 25 heavy (non-hydrogen) atoms. The number of aromatic nitrogens is 4. The molecule has 3 heterocycles. The summed E-state index contributed by atoms with van der Waals surface area (Å²) in [6.45, 7) is 5.80. The Hall–Kier alpha value is -2.00. The fourth-order valence-corrected chi connectivity index (χ4v) is 4.38. The van der Waals surface area contributed by atoms with Gasteiger partial charge in [-0.25, -0.2) is 13.4 Å². The molecule has 0 amide bonds. The van der Waals surface area contributed by atoms with Crippen molar-refractivity contribution in [3.05, 3.63) is 30.0 Å². The van der Waals surface area contributed by atoms with Crippen molar-refractivity contribution in [1.82, 2.24) is 24.1 Å². The maximum atomic E-state index is 12.5. The van der Waals surface area contributed by atoms with Gasteiger partial charge < -0.3 is 9.88 Å². The van der Waals surface area contributed by atoms with E-state index >= 15 is 0 Å². The van der Waals surface area contributed by atoms with Crippen molar-refractivity contribution >= 4 is 15.8 Å². The van der Waals surface area contributed by atoms with Gasteiger partial charge in [0.15, 0.2) is 5.82 Å². The summed E-state index contributed by atoms with van der Waals surface area (Å²) in [5, 5.41) is 11.5. The van der Waals surface area contributed by atoms with Crippen LogP contribution >= 0.6 is 0 Å². The number of hydrogen-bond donors (Lipinski definition) is 1. The van der Waals surface area contributed by atoms with Gasteiger partial charge in [-0.15, -0.1) is 10.2 Å². The molecule has 0 atom stereocenters. The molecule has 8 nitrogen and oxygen atoms in total. The lowest BCUT2D eigenvalue weighted by molar-refractivity contribution is 0.477. The molecule has 136 valence electrons. The minimum absolute atomic E-state index is 0.237. The fraction of sp³-hybridized carbons (Fsp3) is 0.562. The Morgan fingerprint density at radius 1 is 1.20 bits per heavy atom. The van der Waals surface area contributed by atoms with Crippen LogP contribution < -0.4 is 5.32 Å². The molecule has 3 rings (SSSR count). The minimum Gasteiger partial charge on any atom is -0.363 e. The molecule has 2 aromatic heterocycles. The van der Waals surface area contributed by atoms with Crippen molar-refractivity contribution in [2.24, 2.45) is 7.05 Å². The predicted molar refractivity (Wildman–Crippen MR) is 94.6 cm³/mol. The van der Waals surface area contributed by atoms with Gasteiger partial charge in [0.25, 0.3) is 0 Å². The fourth-order valence-electron chi connectivity index (χ4n) is 2.92. The first-order chi connectivity index (χ1) is 11.9. The Bertz CT molecular complexity index is 823. The van der Waals surface area contributed by atoms with Crippen LogP contribution in [-0.2, 0) is 23.6 Å². The quantitative estimate of drug-likeness (QED) is 0.839. The van der Waals surface area contributed by atoms with Crippen LogP contribution in [-0.4, -0.2) is 45.6 Å². The first kappa shape index (κ1) is 17.8. The largest absolute Gasteiger partial charge is 0.363 e.